The van der Waals surface area contributed by atoms with Gasteiger partial charge in [-0.1, -0.05) is 11.6 Å². The Hall–Kier alpha value is -3.29. The first kappa shape index (κ1) is 18.7. The number of nitrogens with zero attached hydrogens (tertiary/aromatic N) is 3. The van der Waals surface area contributed by atoms with Crippen molar-refractivity contribution in [1.82, 2.24) is 19.9 Å². The van der Waals surface area contributed by atoms with Crippen molar-refractivity contribution in [2.75, 3.05) is 0 Å². The van der Waals surface area contributed by atoms with Crippen LogP contribution in [0.15, 0.2) is 57.4 Å². The fourth-order valence-corrected chi connectivity index (χ4v) is 4.32. The van der Waals surface area contributed by atoms with Crippen LogP contribution in [-0.4, -0.2) is 19.9 Å². The Balaban J connectivity index is 1.84. The average molecular weight is 435 g/mol. The highest BCUT2D eigenvalue weighted by molar-refractivity contribution is 7.13. The molecule has 0 saturated carbocycles. The number of H-pyrrole nitrogens is 1. The molecule has 5 rings (SSSR count). The lowest BCUT2D eigenvalue weighted by atomic mass is 10.0. The maximum Gasteiger partial charge on any atom is 0.199 e. The number of rotatable bonds is 3. The van der Waals surface area contributed by atoms with E-state index in [1.807, 2.05) is 38.1 Å². The van der Waals surface area contributed by atoms with E-state index in [0.717, 1.165) is 27.5 Å². The molecule has 1 N–H and O–H groups in total. The van der Waals surface area contributed by atoms with Gasteiger partial charge in [0, 0.05) is 23.7 Å². The number of hydrogen-bond donors (Lipinski definition) is 1. The molecule has 30 heavy (non-hydrogen) atoms. The number of fused-ring (bicyclic) bond motifs is 1. The molecule has 0 amide bonds. The summed E-state index contributed by atoms with van der Waals surface area (Å²) in [6, 6.07) is 9.26. The molecule has 0 bridgehead atoms. The van der Waals surface area contributed by atoms with Gasteiger partial charge in [0.2, 0.25) is 0 Å². The highest BCUT2D eigenvalue weighted by atomic mass is 35.5. The highest BCUT2D eigenvalue weighted by Crippen LogP contribution is 2.35. The van der Waals surface area contributed by atoms with Crippen LogP contribution in [-0.2, 0) is 0 Å². The van der Waals surface area contributed by atoms with E-state index >= 15 is 0 Å². The third-order valence-electron chi connectivity index (χ3n) is 4.77. The van der Waals surface area contributed by atoms with Crippen LogP contribution in [0.3, 0.4) is 0 Å². The Morgan fingerprint density at radius 3 is 2.67 bits per heavy atom. The number of pyridine rings is 3. The zero-order valence-corrected chi connectivity index (χ0v) is 17.6. The van der Waals surface area contributed by atoms with Crippen molar-refractivity contribution in [2.45, 2.75) is 13.8 Å². The van der Waals surface area contributed by atoms with E-state index in [4.69, 9.17) is 21.0 Å². The predicted molar refractivity (Wildman–Crippen MR) is 119 cm³/mol. The molecule has 8 heteroatoms. The maximum absolute atomic E-state index is 13.3. The van der Waals surface area contributed by atoms with Crippen molar-refractivity contribution in [1.29, 1.82) is 0 Å². The SMILES string of the molecule is Cc1cc(-c2cc3c(=O)c(-c4cncs4)c[nH]c3nc2-c2ccc(C)o2)cc(Cl)n1. The zero-order chi connectivity index (χ0) is 20.8. The van der Waals surface area contributed by atoms with Crippen LogP contribution in [0.5, 0.6) is 0 Å². The molecule has 0 saturated heterocycles. The van der Waals surface area contributed by atoms with Gasteiger partial charge in [-0.15, -0.1) is 11.3 Å². The summed E-state index contributed by atoms with van der Waals surface area (Å²) < 4.78 is 5.84. The summed E-state index contributed by atoms with van der Waals surface area (Å²) in [7, 11) is 0. The predicted octanol–water partition coefficient (Wildman–Crippen LogP) is 5.64. The number of hydrogen-bond acceptors (Lipinski definition) is 6. The number of aryl methyl sites for hydroxylation is 2. The summed E-state index contributed by atoms with van der Waals surface area (Å²) in [6.07, 6.45) is 3.36. The van der Waals surface area contributed by atoms with Gasteiger partial charge in [0.15, 0.2) is 11.2 Å². The van der Waals surface area contributed by atoms with Gasteiger partial charge in [0.1, 0.15) is 22.3 Å². The molecule has 148 valence electrons. The first-order valence-corrected chi connectivity index (χ1v) is 10.4. The van der Waals surface area contributed by atoms with Gasteiger partial charge in [-0.05, 0) is 49.7 Å². The molecule has 0 unspecified atom stereocenters. The second-order valence-electron chi connectivity index (χ2n) is 6.91. The van der Waals surface area contributed by atoms with E-state index in [1.165, 1.54) is 11.3 Å². The molecule has 0 aliphatic rings. The third kappa shape index (κ3) is 3.22. The summed E-state index contributed by atoms with van der Waals surface area (Å²) in [5, 5.41) is 0.854. The van der Waals surface area contributed by atoms with Crippen molar-refractivity contribution < 1.29 is 4.42 Å². The topological polar surface area (TPSA) is 84.7 Å². The average Bonchev–Trinajstić information content (AvgIpc) is 3.39. The zero-order valence-electron chi connectivity index (χ0n) is 16.1. The molecule has 0 fully saturated rings. The second-order valence-corrected chi connectivity index (χ2v) is 8.18. The highest BCUT2D eigenvalue weighted by Gasteiger charge is 2.18. The Kier molecular flexibility index (Phi) is 4.49. The molecule has 0 aliphatic carbocycles. The fourth-order valence-electron chi connectivity index (χ4n) is 3.43. The summed E-state index contributed by atoms with van der Waals surface area (Å²) in [5.41, 5.74) is 5.59. The smallest absolute Gasteiger partial charge is 0.199 e. The normalized spacial score (nSPS) is 11.3. The number of furan rings is 1. The van der Waals surface area contributed by atoms with Gasteiger partial charge in [0.05, 0.1) is 21.3 Å². The molecular formula is C22H15ClN4O2S. The number of halogens is 1. The van der Waals surface area contributed by atoms with Gasteiger partial charge in [-0.3, -0.25) is 9.78 Å². The van der Waals surface area contributed by atoms with E-state index in [9.17, 15) is 4.79 Å². The Labute approximate surface area is 180 Å². The molecule has 5 heterocycles. The molecule has 5 aromatic rings. The molecule has 6 nitrogen and oxygen atoms in total. The summed E-state index contributed by atoms with van der Waals surface area (Å²) >= 11 is 7.63. The largest absolute Gasteiger partial charge is 0.460 e. The summed E-state index contributed by atoms with van der Waals surface area (Å²) in [6.45, 7) is 3.75. The Bertz CT molecular complexity index is 1430. The minimum Gasteiger partial charge on any atom is -0.460 e. The van der Waals surface area contributed by atoms with E-state index in [1.54, 1.807) is 24.0 Å². The molecule has 0 aromatic carbocycles. The molecule has 0 aliphatic heterocycles. The maximum atomic E-state index is 13.3. The quantitative estimate of drug-likeness (QED) is 0.371. The van der Waals surface area contributed by atoms with E-state index < -0.39 is 0 Å². The summed E-state index contributed by atoms with van der Waals surface area (Å²) in [5.74, 6) is 1.39. The Morgan fingerprint density at radius 1 is 1.10 bits per heavy atom. The standard InChI is InChI=1S/C22H15ClN4O2S/c1-11-5-13(6-19(23)26-11)14-7-15-21(28)16(18-9-24-10-30-18)8-25-22(15)27-20(14)17-4-3-12(2)29-17/h3-10H,1-2H3,(H,25,27,28). The van der Waals surface area contributed by atoms with E-state index in [-0.39, 0.29) is 5.43 Å². The van der Waals surface area contributed by atoms with Crippen molar-refractivity contribution >= 4 is 34.0 Å². The second kappa shape index (κ2) is 7.19. The number of aromatic nitrogens is 4. The van der Waals surface area contributed by atoms with Crippen molar-refractivity contribution in [3.8, 4) is 33.0 Å². The number of aromatic amines is 1. The first-order valence-electron chi connectivity index (χ1n) is 9.16. The lowest BCUT2D eigenvalue weighted by Crippen LogP contribution is -2.08. The van der Waals surface area contributed by atoms with Crippen molar-refractivity contribution in [2.24, 2.45) is 0 Å². The molecule has 0 atom stereocenters. The van der Waals surface area contributed by atoms with Crippen LogP contribution in [0.2, 0.25) is 5.15 Å². The van der Waals surface area contributed by atoms with Gasteiger partial charge in [0.25, 0.3) is 0 Å². The fraction of sp³-hybridized carbons (Fsp3) is 0.0909. The lowest BCUT2D eigenvalue weighted by Gasteiger charge is -2.11. The molecular weight excluding hydrogens is 420 g/mol. The molecule has 0 spiro atoms. The number of thiazole rings is 1. The van der Waals surface area contributed by atoms with Gasteiger partial charge in [-0.2, -0.15) is 0 Å². The van der Waals surface area contributed by atoms with Crippen LogP contribution < -0.4 is 5.43 Å². The van der Waals surface area contributed by atoms with E-state index in [2.05, 4.69) is 15.0 Å². The molecule has 0 radical (unpaired) electrons. The van der Waals surface area contributed by atoms with Crippen molar-refractivity contribution in [3.05, 3.63) is 75.1 Å². The van der Waals surface area contributed by atoms with Crippen LogP contribution >= 0.6 is 22.9 Å². The van der Waals surface area contributed by atoms with Crippen LogP contribution in [0, 0.1) is 13.8 Å². The summed E-state index contributed by atoms with van der Waals surface area (Å²) in [4.78, 5) is 30.3. The van der Waals surface area contributed by atoms with Crippen LogP contribution in [0.4, 0.5) is 0 Å². The third-order valence-corrected chi connectivity index (χ3v) is 5.77. The van der Waals surface area contributed by atoms with E-state index in [0.29, 0.717) is 33.2 Å². The van der Waals surface area contributed by atoms with Gasteiger partial charge >= 0.3 is 0 Å². The first-order chi connectivity index (χ1) is 14.5. The van der Waals surface area contributed by atoms with Crippen molar-refractivity contribution in [3.63, 3.8) is 0 Å². The monoisotopic (exact) mass is 434 g/mol. The Morgan fingerprint density at radius 2 is 1.97 bits per heavy atom. The minimum absolute atomic E-state index is 0.110. The molecule has 5 aromatic heterocycles. The number of nitrogens with one attached hydrogen (secondary N) is 1. The van der Waals surface area contributed by atoms with Gasteiger partial charge in [-0.25, -0.2) is 9.97 Å². The van der Waals surface area contributed by atoms with Crippen LogP contribution in [0.25, 0.3) is 44.1 Å². The minimum atomic E-state index is -0.110. The lowest BCUT2D eigenvalue weighted by molar-refractivity contribution is 0.547. The van der Waals surface area contributed by atoms with Gasteiger partial charge < -0.3 is 9.40 Å². The van der Waals surface area contributed by atoms with Crippen LogP contribution in [0.1, 0.15) is 11.5 Å².